The first-order valence-corrected chi connectivity index (χ1v) is 13.0. The van der Waals surface area contributed by atoms with Crippen molar-refractivity contribution in [2.75, 3.05) is 12.4 Å². The number of hydrogen-bond acceptors (Lipinski definition) is 3. The summed E-state index contributed by atoms with van der Waals surface area (Å²) >= 11 is 14.0. The van der Waals surface area contributed by atoms with Crippen LogP contribution in [-0.2, 0) is 4.79 Å². The van der Waals surface area contributed by atoms with Gasteiger partial charge in [-0.3, -0.25) is 0 Å². The molecule has 0 fully saturated rings. The fourth-order valence-electron chi connectivity index (χ4n) is 3.78. The average Bonchev–Trinajstić information content (AvgIpc) is 2.87. The number of carboxylic acids is 1. The number of aryl methyl sites for hydroxylation is 1. The Hall–Kier alpha value is -3.18. The Balaban J connectivity index is 1.55. The molecule has 0 saturated carbocycles. The zero-order chi connectivity index (χ0) is 25.5. The molecule has 0 aliphatic heterocycles. The average molecular weight is 535 g/mol. The molecule has 0 atom stereocenters. The second-order valence-corrected chi connectivity index (χ2v) is 10.1. The van der Waals surface area contributed by atoms with Gasteiger partial charge in [-0.1, -0.05) is 77.8 Å². The van der Waals surface area contributed by atoms with Gasteiger partial charge in [0.2, 0.25) is 0 Å². The first kappa shape index (κ1) is 25.9. The molecule has 0 unspecified atom stereocenters. The van der Waals surface area contributed by atoms with Crippen LogP contribution in [0.4, 0.5) is 0 Å². The minimum atomic E-state index is -0.992. The van der Waals surface area contributed by atoms with Crippen LogP contribution in [0.3, 0.4) is 0 Å². The van der Waals surface area contributed by atoms with Gasteiger partial charge in [0.05, 0.1) is 0 Å². The van der Waals surface area contributed by atoms with Gasteiger partial charge < -0.3 is 9.84 Å². The SMILES string of the molecule is Cc1cc(SC/C=C(\c2ccc(Cl)cc2)c2ccc(-c3cccc(Cl)c3)cc2)ccc1OCC(=O)O. The van der Waals surface area contributed by atoms with E-state index < -0.39 is 5.97 Å². The second-order valence-electron chi connectivity index (χ2n) is 8.13. The Morgan fingerprint density at radius 1 is 0.861 bits per heavy atom. The highest BCUT2D eigenvalue weighted by molar-refractivity contribution is 7.99. The van der Waals surface area contributed by atoms with E-state index in [1.807, 2.05) is 73.7 Å². The van der Waals surface area contributed by atoms with E-state index in [9.17, 15) is 4.79 Å². The summed E-state index contributed by atoms with van der Waals surface area (Å²) < 4.78 is 5.33. The van der Waals surface area contributed by atoms with E-state index in [1.54, 1.807) is 11.8 Å². The predicted molar refractivity (Wildman–Crippen MR) is 150 cm³/mol. The number of carbonyl (C=O) groups is 1. The number of thioether (sulfide) groups is 1. The summed E-state index contributed by atoms with van der Waals surface area (Å²) in [5.74, 6) is 0.343. The van der Waals surface area contributed by atoms with Crippen LogP contribution in [0.1, 0.15) is 16.7 Å². The highest BCUT2D eigenvalue weighted by Gasteiger charge is 2.08. The molecule has 6 heteroatoms. The molecule has 0 heterocycles. The topological polar surface area (TPSA) is 46.5 Å². The van der Waals surface area contributed by atoms with Crippen LogP contribution in [0, 0.1) is 6.92 Å². The van der Waals surface area contributed by atoms with E-state index in [4.69, 9.17) is 33.0 Å². The van der Waals surface area contributed by atoms with Crippen molar-refractivity contribution in [2.24, 2.45) is 0 Å². The normalized spacial score (nSPS) is 11.4. The van der Waals surface area contributed by atoms with Gasteiger partial charge in [0.25, 0.3) is 0 Å². The van der Waals surface area contributed by atoms with Crippen molar-refractivity contribution in [1.29, 1.82) is 0 Å². The van der Waals surface area contributed by atoms with Gasteiger partial charge in [-0.15, -0.1) is 11.8 Å². The Bertz CT molecular complexity index is 1380. The monoisotopic (exact) mass is 534 g/mol. The summed E-state index contributed by atoms with van der Waals surface area (Å²) in [6.45, 7) is 1.56. The molecular formula is C30H24Cl2O3S. The third kappa shape index (κ3) is 6.94. The minimum absolute atomic E-state index is 0.351. The summed E-state index contributed by atoms with van der Waals surface area (Å²) in [4.78, 5) is 11.8. The van der Waals surface area contributed by atoms with Crippen molar-refractivity contribution in [3.63, 3.8) is 0 Å². The molecule has 0 radical (unpaired) electrons. The molecule has 4 aromatic rings. The summed E-state index contributed by atoms with van der Waals surface area (Å²) in [7, 11) is 0. The number of rotatable bonds is 9. The molecule has 0 saturated heterocycles. The highest BCUT2D eigenvalue weighted by atomic mass is 35.5. The van der Waals surface area contributed by atoms with Crippen molar-refractivity contribution in [3.05, 3.63) is 124 Å². The molecule has 0 aromatic heterocycles. The number of aliphatic carboxylic acids is 1. The fraction of sp³-hybridized carbons (Fsp3) is 0.100. The predicted octanol–water partition coefficient (Wildman–Crippen LogP) is 8.66. The molecule has 0 bridgehead atoms. The van der Waals surface area contributed by atoms with Crippen molar-refractivity contribution < 1.29 is 14.6 Å². The summed E-state index contributed by atoms with van der Waals surface area (Å²) in [6.07, 6.45) is 2.21. The Labute approximate surface area is 225 Å². The number of halogens is 2. The van der Waals surface area contributed by atoms with E-state index >= 15 is 0 Å². The molecule has 182 valence electrons. The standard InChI is InChI=1S/C30H24Cl2O3S/c1-20-17-27(13-14-29(20)35-19-30(33)34)36-16-15-28(23-9-11-25(31)12-10-23)22-7-5-21(6-8-22)24-3-2-4-26(32)18-24/h2-15,17-18H,16,19H2,1H3,(H,33,34)/b28-15-. The Morgan fingerprint density at radius 3 is 2.19 bits per heavy atom. The highest BCUT2D eigenvalue weighted by Crippen LogP contribution is 2.31. The fourth-order valence-corrected chi connectivity index (χ4v) is 4.96. The maximum absolute atomic E-state index is 10.8. The smallest absolute Gasteiger partial charge is 0.341 e. The van der Waals surface area contributed by atoms with Crippen molar-refractivity contribution in [2.45, 2.75) is 11.8 Å². The van der Waals surface area contributed by atoms with Crippen molar-refractivity contribution in [3.8, 4) is 16.9 Å². The van der Waals surface area contributed by atoms with Crippen LogP contribution in [0.2, 0.25) is 10.0 Å². The Kier molecular flexibility index (Phi) is 8.76. The quantitative estimate of drug-likeness (QED) is 0.218. The number of benzene rings is 4. The van der Waals surface area contributed by atoms with Gasteiger partial charge in [-0.2, -0.15) is 0 Å². The number of carboxylic acid groups (broad SMARTS) is 1. The molecule has 0 aliphatic rings. The van der Waals surface area contributed by atoms with Crippen LogP contribution in [-0.4, -0.2) is 23.4 Å². The molecular weight excluding hydrogens is 511 g/mol. The van der Waals surface area contributed by atoms with Crippen LogP contribution in [0.25, 0.3) is 16.7 Å². The third-order valence-electron chi connectivity index (χ3n) is 5.54. The zero-order valence-corrected chi connectivity index (χ0v) is 21.9. The lowest BCUT2D eigenvalue weighted by Crippen LogP contribution is -2.09. The third-order valence-corrected chi connectivity index (χ3v) is 6.95. The van der Waals surface area contributed by atoms with Crippen LogP contribution < -0.4 is 4.74 Å². The minimum Gasteiger partial charge on any atom is -0.482 e. The summed E-state index contributed by atoms with van der Waals surface area (Å²) in [5.41, 5.74) is 6.40. The molecule has 0 aliphatic carbocycles. The van der Waals surface area contributed by atoms with Crippen LogP contribution in [0.5, 0.6) is 5.75 Å². The van der Waals surface area contributed by atoms with Gasteiger partial charge >= 0.3 is 5.97 Å². The van der Waals surface area contributed by atoms with E-state index in [1.165, 1.54) is 0 Å². The first-order valence-electron chi connectivity index (χ1n) is 11.3. The molecule has 4 rings (SSSR count). The summed E-state index contributed by atoms with van der Waals surface area (Å²) in [5, 5.41) is 10.2. The molecule has 0 spiro atoms. The molecule has 3 nitrogen and oxygen atoms in total. The molecule has 4 aromatic carbocycles. The zero-order valence-electron chi connectivity index (χ0n) is 19.6. The van der Waals surface area contributed by atoms with Crippen LogP contribution in [0.15, 0.2) is 102 Å². The van der Waals surface area contributed by atoms with Gasteiger partial charge in [0.1, 0.15) is 5.75 Å². The first-order chi connectivity index (χ1) is 17.4. The Morgan fingerprint density at radius 2 is 1.56 bits per heavy atom. The maximum atomic E-state index is 10.8. The van der Waals surface area contributed by atoms with E-state index in [-0.39, 0.29) is 6.61 Å². The van der Waals surface area contributed by atoms with E-state index in [0.29, 0.717) is 15.8 Å². The van der Waals surface area contributed by atoms with Gasteiger partial charge in [-0.25, -0.2) is 4.79 Å². The van der Waals surface area contributed by atoms with E-state index in [0.717, 1.165) is 44.0 Å². The lowest BCUT2D eigenvalue weighted by atomic mass is 9.95. The summed E-state index contributed by atoms with van der Waals surface area (Å²) in [6, 6.07) is 29.9. The lowest BCUT2D eigenvalue weighted by molar-refractivity contribution is -0.139. The molecule has 0 amide bonds. The van der Waals surface area contributed by atoms with Gasteiger partial charge in [0.15, 0.2) is 6.61 Å². The van der Waals surface area contributed by atoms with E-state index in [2.05, 4.69) is 30.3 Å². The molecule has 36 heavy (non-hydrogen) atoms. The number of hydrogen-bond donors (Lipinski definition) is 1. The number of ether oxygens (including phenoxy) is 1. The maximum Gasteiger partial charge on any atom is 0.341 e. The molecule has 1 N–H and O–H groups in total. The van der Waals surface area contributed by atoms with Crippen molar-refractivity contribution in [1.82, 2.24) is 0 Å². The van der Waals surface area contributed by atoms with Crippen LogP contribution >= 0.6 is 35.0 Å². The lowest BCUT2D eigenvalue weighted by Gasteiger charge is -2.11. The van der Waals surface area contributed by atoms with Gasteiger partial charge in [0, 0.05) is 20.7 Å². The van der Waals surface area contributed by atoms with Crippen molar-refractivity contribution >= 4 is 46.5 Å². The van der Waals surface area contributed by atoms with Gasteiger partial charge in [-0.05, 0) is 82.8 Å². The largest absolute Gasteiger partial charge is 0.482 e. The second kappa shape index (κ2) is 12.2.